The van der Waals surface area contributed by atoms with Gasteiger partial charge in [-0.3, -0.25) is 9.59 Å². The fourth-order valence-corrected chi connectivity index (χ4v) is 3.14. The van der Waals surface area contributed by atoms with Crippen LogP contribution in [0.25, 0.3) is 0 Å². The van der Waals surface area contributed by atoms with Crippen LogP contribution in [0.3, 0.4) is 0 Å². The minimum atomic E-state index is -1.57. The maximum atomic E-state index is 12.6. The number of nitrogens with two attached hydrogens (primary N) is 1. The van der Waals surface area contributed by atoms with Crippen molar-refractivity contribution in [1.82, 2.24) is 15.3 Å². The Hall–Kier alpha value is -3.91. The summed E-state index contributed by atoms with van der Waals surface area (Å²) in [5.74, 6) is 9.50. The molecule has 0 heterocycles. The van der Waals surface area contributed by atoms with Crippen LogP contribution in [0, 0.1) is 16.7 Å². The number of aldehydes is 1. The van der Waals surface area contributed by atoms with E-state index in [0.717, 1.165) is 35.5 Å². The van der Waals surface area contributed by atoms with E-state index in [1.165, 1.54) is 19.2 Å². The molecular formula is C25H29N5O5. The maximum Gasteiger partial charge on any atom is 0.290 e. The summed E-state index contributed by atoms with van der Waals surface area (Å²) >= 11 is 0. The van der Waals surface area contributed by atoms with Crippen molar-refractivity contribution in [3.63, 3.8) is 0 Å². The molecule has 0 saturated heterocycles. The number of carbonyl (C=O) groups is 3. The summed E-state index contributed by atoms with van der Waals surface area (Å²) in [5.41, 5.74) is 2.90. The molecule has 10 heteroatoms. The molecule has 35 heavy (non-hydrogen) atoms. The van der Waals surface area contributed by atoms with E-state index < -0.39 is 17.9 Å². The zero-order chi connectivity index (χ0) is 25.8. The first-order chi connectivity index (χ1) is 16.8. The molecule has 0 aliphatic rings. The molecule has 2 aromatic carbocycles. The van der Waals surface area contributed by atoms with E-state index in [-0.39, 0.29) is 23.1 Å². The summed E-state index contributed by atoms with van der Waals surface area (Å²) < 4.78 is 5.35. The van der Waals surface area contributed by atoms with Crippen LogP contribution in [-0.2, 0) is 20.9 Å². The molecule has 0 aliphatic carbocycles. The van der Waals surface area contributed by atoms with Crippen LogP contribution in [0.2, 0.25) is 0 Å². The van der Waals surface area contributed by atoms with Crippen molar-refractivity contribution in [3.8, 4) is 11.8 Å². The van der Waals surface area contributed by atoms with E-state index in [1.54, 1.807) is 19.2 Å². The average Bonchev–Trinajstić information content (AvgIpc) is 2.90. The number of nitroso groups, excluding NO2 is 1. The van der Waals surface area contributed by atoms with Gasteiger partial charge in [0.25, 0.3) is 11.8 Å². The molecule has 2 amide bonds. The molecule has 2 atom stereocenters. The quantitative estimate of drug-likeness (QED) is 0.0951. The third-order valence-electron chi connectivity index (χ3n) is 5.36. The van der Waals surface area contributed by atoms with Gasteiger partial charge in [0.1, 0.15) is 0 Å². The Bertz CT molecular complexity index is 1070. The molecule has 0 radical (unpaired) electrons. The van der Waals surface area contributed by atoms with Crippen LogP contribution in [0.1, 0.15) is 40.4 Å². The second-order valence-electron chi connectivity index (χ2n) is 7.68. The third kappa shape index (κ3) is 7.82. The molecule has 184 valence electrons. The number of benzene rings is 2. The van der Waals surface area contributed by atoms with Crippen molar-refractivity contribution >= 4 is 18.1 Å². The standard InChI is InChI=1S/C25H29N5O5/c1-4-22(35-3)16-27-15-20-9-7-18(8-10-20)5-6-19-11-13-21(14-12-19)24(32)29(2)23(17-31)25(33)30(26)28-34/h7-14,17,22-23,27H,4,15-16,26H2,1-3H3. The van der Waals surface area contributed by atoms with Crippen LogP contribution < -0.4 is 11.2 Å². The Balaban J connectivity index is 2.00. The summed E-state index contributed by atoms with van der Waals surface area (Å²) in [6.07, 6.45) is 1.37. The third-order valence-corrected chi connectivity index (χ3v) is 5.36. The molecule has 10 nitrogen and oxygen atoms in total. The van der Waals surface area contributed by atoms with Gasteiger partial charge in [-0.05, 0) is 48.4 Å². The lowest BCUT2D eigenvalue weighted by molar-refractivity contribution is -0.138. The van der Waals surface area contributed by atoms with Gasteiger partial charge in [-0.2, -0.15) is 0 Å². The normalized spacial score (nSPS) is 12.0. The first-order valence-electron chi connectivity index (χ1n) is 10.9. The number of nitrogens with one attached hydrogen (secondary N) is 1. The van der Waals surface area contributed by atoms with Crippen molar-refractivity contribution in [2.75, 3.05) is 20.7 Å². The van der Waals surface area contributed by atoms with Crippen LogP contribution in [0.15, 0.2) is 53.8 Å². The number of methoxy groups -OCH3 is 1. The number of carbonyl (C=O) groups excluding carboxylic acids is 3. The predicted octanol–water partition coefficient (Wildman–Crippen LogP) is 1.62. The number of nitrogens with zero attached hydrogens (tertiary/aromatic N) is 3. The monoisotopic (exact) mass is 479 g/mol. The van der Waals surface area contributed by atoms with Gasteiger partial charge in [-0.25, -0.2) is 5.84 Å². The van der Waals surface area contributed by atoms with E-state index in [1.807, 2.05) is 24.3 Å². The Morgan fingerprint density at radius 1 is 1.11 bits per heavy atom. The number of likely N-dealkylation sites (N-methyl/N-ethyl adjacent to an activating group) is 1. The molecule has 2 aromatic rings. The topological polar surface area (TPSA) is 134 Å². The van der Waals surface area contributed by atoms with Gasteiger partial charge < -0.3 is 19.7 Å². The molecule has 3 N–H and O–H groups in total. The molecule has 0 fully saturated rings. The zero-order valence-electron chi connectivity index (χ0n) is 19.9. The summed E-state index contributed by atoms with van der Waals surface area (Å²) in [5, 5.41) is 5.60. The van der Waals surface area contributed by atoms with E-state index >= 15 is 0 Å². The average molecular weight is 480 g/mol. The number of hydrogen-bond acceptors (Lipinski definition) is 8. The van der Waals surface area contributed by atoms with Crippen LogP contribution in [0.4, 0.5) is 0 Å². The minimum Gasteiger partial charge on any atom is -0.380 e. The van der Waals surface area contributed by atoms with Crippen molar-refractivity contribution in [1.29, 1.82) is 0 Å². The van der Waals surface area contributed by atoms with E-state index in [4.69, 9.17) is 10.6 Å². The van der Waals surface area contributed by atoms with Gasteiger partial charge in [0, 0.05) is 43.9 Å². The molecule has 2 rings (SSSR count). The minimum absolute atomic E-state index is 0.0201. The predicted molar refractivity (Wildman–Crippen MR) is 130 cm³/mol. The maximum absolute atomic E-state index is 12.6. The summed E-state index contributed by atoms with van der Waals surface area (Å²) in [6.45, 7) is 3.61. The van der Waals surface area contributed by atoms with Crippen molar-refractivity contribution in [3.05, 3.63) is 75.7 Å². The van der Waals surface area contributed by atoms with E-state index in [0.29, 0.717) is 5.56 Å². The molecule has 0 aromatic heterocycles. The second-order valence-corrected chi connectivity index (χ2v) is 7.68. The van der Waals surface area contributed by atoms with Gasteiger partial charge in [-0.1, -0.05) is 30.9 Å². The van der Waals surface area contributed by atoms with Gasteiger partial charge in [0.05, 0.1) is 11.4 Å². The van der Waals surface area contributed by atoms with Gasteiger partial charge in [-0.15, -0.1) is 10.0 Å². The summed E-state index contributed by atoms with van der Waals surface area (Å²) in [7, 11) is 2.97. The summed E-state index contributed by atoms with van der Waals surface area (Å²) in [4.78, 5) is 47.1. The van der Waals surface area contributed by atoms with Crippen LogP contribution in [0.5, 0.6) is 0 Å². The van der Waals surface area contributed by atoms with Crippen molar-refractivity contribution in [2.24, 2.45) is 11.1 Å². The fraction of sp³-hybridized carbons (Fsp3) is 0.320. The Morgan fingerprint density at radius 3 is 2.17 bits per heavy atom. The Labute approximate surface area is 204 Å². The largest absolute Gasteiger partial charge is 0.380 e. The lowest BCUT2D eigenvalue weighted by Gasteiger charge is -2.23. The highest BCUT2D eigenvalue weighted by Crippen LogP contribution is 2.10. The first-order valence-corrected chi connectivity index (χ1v) is 10.9. The second kappa shape index (κ2) is 13.7. The molecule has 0 bridgehead atoms. The van der Waals surface area contributed by atoms with Crippen molar-refractivity contribution in [2.45, 2.75) is 32.0 Å². The molecule has 2 unspecified atom stereocenters. The van der Waals surface area contributed by atoms with Crippen molar-refractivity contribution < 1.29 is 19.1 Å². The number of amides is 2. The summed E-state index contributed by atoms with van der Waals surface area (Å²) in [6, 6.07) is 12.7. The Kier molecular flexibility index (Phi) is 10.7. The smallest absolute Gasteiger partial charge is 0.290 e. The number of rotatable bonds is 11. The lowest BCUT2D eigenvalue weighted by atomic mass is 10.1. The van der Waals surface area contributed by atoms with Gasteiger partial charge in [0.2, 0.25) is 0 Å². The number of hydrazine groups is 1. The number of hydrogen-bond donors (Lipinski definition) is 2. The van der Waals surface area contributed by atoms with Gasteiger partial charge in [0.15, 0.2) is 12.3 Å². The highest BCUT2D eigenvalue weighted by atomic mass is 16.5. The SMILES string of the molecule is CCC(CNCc1ccc(C#Cc2ccc(C(=O)N(C)C(C=O)C(=O)N(N)N=O)cc2)cc1)OC. The van der Waals surface area contributed by atoms with Crippen LogP contribution in [-0.4, -0.2) is 61.0 Å². The molecule has 0 spiro atoms. The lowest BCUT2D eigenvalue weighted by Crippen LogP contribution is -2.50. The first kappa shape index (κ1) is 27.3. The zero-order valence-corrected chi connectivity index (χ0v) is 19.9. The molecular weight excluding hydrogens is 450 g/mol. The van der Waals surface area contributed by atoms with E-state index in [9.17, 15) is 19.3 Å². The van der Waals surface area contributed by atoms with E-state index in [2.05, 4.69) is 29.4 Å². The fourth-order valence-electron chi connectivity index (χ4n) is 3.14. The van der Waals surface area contributed by atoms with Gasteiger partial charge >= 0.3 is 0 Å². The Morgan fingerprint density at radius 2 is 1.69 bits per heavy atom. The number of ether oxygens (including phenoxy) is 1. The molecule has 0 aliphatic heterocycles. The van der Waals surface area contributed by atoms with Crippen LogP contribution >= 0.6 is 0 Å². The molecule has 0 saturated carbocycles. The highest BCUT2D eigenvalue weighted by molar-refractivity contribution is 6.03. The highest BCUT2D eigenvalue weighted by Gasteiger charge is 2.30.